The fraction of sp³-hybridized carbons (Fsp3) is 0.611. The molecule has 2 aliphatic heterocycles. The Bertz CT molecular complexity index is 774. The van der Waals surface area contributed by atoms with Crippen molar-refractivity contribution in [1.29, 1.82) is 0 Å². The first kappa shape index (κ1) is 20.8. The van der Waals surface area contributed by atoms with Crippen LogP contribution in [-0.2, 0) is 19.5 Å². The van der Waals surface area contributed by atoms with Gasteiger partial charge in [0, 0.05) is 32.8 Å². The normalized spacial score (nSPS) is 20.7. The van der Waals surface area contributed by atoms with E-state index in [1.165, 1.54) is 10.4 Å². The zero-order valence-corrected chi connectivity index (χ0v) is 16.9. The molecule has 1 atom stereocenters. The lowest BCUT2D eigenvalue weighted by molar-refractivity contribution is 0.0730. The van der Waals surface area contributed by atoms with Gasteiger partial charge in [0.25, 0.3) is 0 Å². The second kappa shape index (κ2) is 9.55. The molecule has 0 aromatic heterocycles. The van der Waals surface area contributed by atoms with Gasteiger partial charge < -0.3 is 25.4 Å². The molecule has 0 saturated carbocycles. The van der Waals surface area contributed by atoms with Crippen molar-refractivity contribution < 1.29 is 22.7 Å². The summed E-state index contributed by atoms with van der Waals surface area (Å²) in [4.78, 5) is 12.2. The second-order valence-corrected chi connectivity index (χ2v) is 8.66. The van der Waals surface area contributed by atoms with Crippen molar-refractivity contribution in [3.63, 3.8) is 0 Å². The molecule has 0 radical (unpaired) electrons. The van der Waals surface area contributed by atoms with Gasteiger partial charge >= 0.3 is 6.03 Å². The SMILES string of the molecule is CCNC(=O)Nc1cc(S(=O)(=O)N2CCOCC2)ccc1NC[C@@H]1CCCO1. The van der Waals surface area contributed by atoms with Crippen molar-refractivity contribution in [3.05, 3.63) is 18.2 Å². The summed E-state index contributed by atoms with van der Waals surface area (Å²) in [6, 6.07) is 4.36. The summed E-state index contributed by atoms with van der Waals surface area (Å²) in [5, 5.41) is 8.67. The number of urea groups is 1. The van der Waals surface area contributed by atoms with Crippen LogP contribution in [0.15, 0.2) is 23.1 Å². The zero-order valence-electron chi connectivity index (χ0n) is 16.1. The van der Waals surface area contributed by atoms with Crippen molar-refractivity contribution in [2.75, 3.05) is 56.6 Å². The lowest BCUT2D eigenvalue weighted by Gasteiger charge is -2.26. The lowest BCUT2D eigenvalue weighted by atomic mass is 10.2. The molecule has 1 aromatic carbocycles. The Morgan fingerprint density at radius 1 is 1.21 bits per heavy atom. The number of sulfonamides is 1. The number of ether oxygens (including phenoxy) is 2. The number of amides is 2. The Labute approximate surface area is 165 Å². The van der Waals surface area contributed by atoms with E-state index in [1.54, 1.807) is 12.1 Å². The molecule has 0 aliphatic carbocycles. The van der Waals surface area contributed by atoms with E-state index in [4.69, 9.17) is 9.47 Å². The Morgan fingerprint density at radius 3 is 2.68 bits per heavy atom. The number of carbonyl (C=O) groups is 1. The minimum Gasteiger partial charge on any atom is -0.381 e. The van der Waals surface area contributed by atoms with Gasteiger partial charge in [0.15, 0.2) is 0 Å². The molecule has 2 saturated heterocycles. The zero-order chi connectivity index (χ0) is 20.0. The summed E-state index contributed by atoms with van der Waals surface area (Å²) in [6.07, 6.45) is 2.14. The molecular weight excluding hydrogens is 384 g/mol. The van der Waals surface area contributed by atoms with E-state index >= 15 is 0 Å². The summed E-state index contributed by atoms with van der Waals surface area (Å²) in [5.41, 5.74) is 1.07. The number of hydrogen-bond acceptors (Lipinski definition) is 6. The van der Waals surface area contributed by atoms with E-state index in [2.05, 4.69) is 16.0 Å². The number of nitrogens with zero attached hydrogens (tertiary/aromatic N) is 1. The third kappa shape index (κ3) is 5.13. The Morgan fingerprint density at radius 2 is 2.00 bits per heavy atom. The highest BCUT2D eigenvalue weighted by atomic mass is 32.2. The van der Waals surface area contributed by atoms with Crippen LogP contribution in [0.25, 0.3) is 0 Å². The maximum absolute atomic E-state index is 12.9. The van der Waals surface area contributed by atoms with Gasteiger partial charge in [-0.25, -0.2) is 13.2 Å². The first-order valence-corrected chi connectivity index (χ1v) is 11.1. The Kier molecular flexibility index (Phi) is 7.11. The fourth-order valence-electron chi connectivity index (χ4n) is 3.23. The van der Waals surface area contributed by atoms with Crippen LogP contribution in [-0.4, -0.2) is 70.9 Å². The van der Waals surface area contributed by atoms with Gasteiger partial charge in [-0.3, -0.25) is 0 Å². The third-order valence-corrected chi connectivity index (χ3v) is 6.62. The molecule has 1 aromatic rings. The van der Waals surface area contributed by atoms with Crippen molar-refractivity contribution >= 4 is 27.4 Å². The summed E-state index contributed by atoms with van der Waals surface area (Å²) >= 11 is 0. The molecule has 0 spiro atoms. The minimum absolute atomic E-state index is 0.120. The minimum atomic E-state index is -3.65. The van der Waals surface area contributed by atoms with E-state index in [0.29, 0.717) is 50.8 Å². The van der Waals surface area contributed by atoms with Gasteiger partial charge in [-0.05, 0) is 38.0 Å². The van der Waals surface area contributed by atoms with Crippen LogP contribution in [0.2, 0.25) is 0 Å². The Hall–Kier alpha value is -1.88. The van der Waals surface area contributed by atoms with Crippen LogP contribution in [0.1, 0.15) is 19.8 Å². The third-order valence-electron chi connectivity index (χ3n) is 4.73. The monoisotopic (exact) mass is 412 g/mol. The second-order valence-electron chi connectivity index (χ2n) is 6.72. The molecule has 2 amide bonds. The first-order chi connectivity index (χ1) is 13.5. The molecule has 2 heterocycles. The van der Waals surface area contributed by atoms with Gasteiger partial charge in [-0.2, -0.15) is 4.31 Å². The average molecular weight is 413 g/mol. The molecule has 156 valence electrons. The maximum Gasteiger partial charge on any atom is 0.319 e. The number of carbonyl (C=O) groups excluding carboxylic acids is 1. The largest absolute Gasteiger partial charge is 0.381 e. The average Bonchev–Trinajstić information content (AvgIpc) is 3.21. The maximum atomic E-state index is 12.9. The van der Waals surface area contributed by atoms with Crippen LogP contribution in [0.3, 0.4) is 0 Å². The molecular formula is C18H28N4O5S. The van der Waals surface area contributed by atoms with Gasteiger partial charge in [0.05, 0.1) is 35.6 Å². The Balaban J connectivity index is 1.82. The van der Waals surface area contributed by atoms with E-state index in [-0.39, 0.29) is 17.0 Å². The van der Waals surface area contributed by atoms with E-state index in [9.17, 15) is 13.2 Å². The standard InChI is InChI=1S/C18H28N4O5S/c1-2-19-18(23)21-17-12-15(28(24,25)22-7-10-26-11-8-22)5-6-16(17)20-13-14-4-3-9-27-14/h5-6,12,14,20H,2-4,7-11,13H2,1H3,(H2,19,21,23)/t14-/m0/s1. The molecule has 3 rings (SSSR count). The predicted octanol–water partition coefficient (Wildman–Crippen LogP) is 1.44. The number of anilines is 2. The van der Waals surface area contributed by atoms with Gasteiger partial charge in [0.2, 0.25) is 10.0 Å². The number of hydrogen-bond donors (Lipinski definition) is 3. The van der Waals surface area contributed by atoms with Crippen LogP contribution in [0, 0.1) is 0 Å². The van der Waals surface area contributed by atoms with Crippen molar-refractivity contribution in [2.24, 2.45) is 0 Å². The van der Waals surface area contributed by atoms with E-state index in [1.807, 2.05) is 6.92 Å². The quantitative estimate of drug-likeness (QED) is 0.625. The molecule has 9 nitrogen and oxygen atoms in total. The van der Waals surface area contributed by atoms with Crippen molar-refractivity contribution in [2.45, 2.75) is 30.8 Å². The summed E-state index contributed by atoms with van der Waals surface area (Å²) in [6.45, 7) is 5.04. The number of nitrogens with one attached hydrogen (secondary N) is 3. The molecule has 0 unspecified atom stereocenters. The molecule has 28 heavy (non-hydrogen) atoms. The smallest absolute Gasteiger partial charge is 0.319 e. The highest BCUT2D eigenvalue weighted by Crippen LogP contribution is 2.28. The first-order valence-electron chi connectivity index (χ1n) is 9.63. The summed E-state index contributed by atoms with van der Waals surface area (Å²) < 4.78 is 38.1. The lowest BCUT2D eigenvalue weighted by Crippen LogP contribution is -2.40. The predicted molar refractivity (Wildman–Crippen MR) is 106 cm³/mol. The van der Waals surface area contributed by atoms with Gasteiger partial charge in [0.1, 0.15) is 0 Å². The van der Waals surface area contributed by atoms with Crippen LogP contribution in [0.4, 0.5) is 16.2 Å². The molecule has 0 bridgehead atoms. The highest BCUT2D eigenvalue weighted by molar-refractivity contribution is 7.89. The van der Waals surface area contributed by atoms with Gasteiger partial charge in [-0.1, -0.05) is 0 Å². The molecule has 2 fully saturated rings. The van der Waals surface area contributed by atoms with E-state index < -0.39 is 10.0 Å². The van der Waals surface area contributed by atoms with Crippen LogP contribution < -0.4 is 16.0 Å². The fourth-order valence-corrected chi connectivity index (χ4v) is 4.67. The number of rotatable bonds is 7. The van der Waals surface area contributed by atoms with E-state index in [0.717, 1.165) is 19.4 Å². The summed E-state index contributed by atoms with van der Waals surface area (Å²) in [7, 11) is -3.65. The summed E-state index contributed by atoms with van der Waals surface area (Å²) in [5.74, 6) is 0. The highest BCUT2D eigenvalue weighted by Gasteiger charge is 2.27. The number of benzene rings is 1. The topological polar surface area (TPSA) is 109 Å². The van der Waals surface area contributed by atoms with Crippen molar-refractivity contribution in [1.82, 2.24) is 9.62 Å². The number of morpholine rings is 1. The molecule has 3 N–H and O–H groups in total. The van der Waals surface area contributed by atoms with Crippen molar-refractivity contribution in [3.8, 4) is 0 Å². The van der Waals surface area contributed by atoms with Crippen LogP contribution >= 0.6 is 0 Å². The van der Waals surface area contributed by atoms with Gasteiger partial charge in [-0.15, -0.1) is 0 Å². The van der Waals surface area contributed by atoms with Crippen LogP contribution in [0.5, 0.6) is 0 Å². The molecule has 2 aliphatic rings. The molecule has 10 heteroatoms.